The number of hydroxylamine groups is 1. The lowest BCUT2D eigenvalue weighted by Crippen LogP contribution is -2.37. The van der Waals surface area contributed by atoms with Gasteiger partial charge in [-0.25, -0.2) is 9.96 Å². The van der Waals surface area contributed by atoms with E-state index in [1.165, 1.54) is 4.90 Å². The molecule has 40 heavy (non-hydrogen) atoms. The fourth-order valence-corrected chi connectivity index (χ4v) is 5.35. The minimum Gasteiger partial charge on any atom is -0.490 e. The van der Waals surface area contributed by atoms with E-state index in [2.05, 4.69) is 0 Å². The van der Waals surface area contributed by atoms with Gasteiger partial charge >= 0.3 is 0 Å². The van der Waals surface area contributed by atoms with Gasteiger partial charge in [-0.05, 0) is 66.6 Å². The van der Waals surface area contributed by atoms with Crippen LogP contribution in [-0.4, -0.2) is 24.5 Å². The molecule has 4 aromatic carbocycles. The molecule has 7 nitrogen and oxygen atoms in total. The Morgan fingerprint density at radius 1 is 0.775 bits per heavy atom. The van der Waals surface area contributed by atoms with Gasteiger partial charge in [0.1, 0.15) is 12.5 Å². The van der Waals surface area contributed by atoms with Crippen molar-refractivity contribution in [2.45, 2.75) is 25.7 Å². The highest BCUT2D eigenvalue weighted by Crippen LogP contribution is 2.48. The average Bonchev–Trinajstić information content (AvgIpc) is 3.49. The monoisotopic (exact) mass is 554 g/mol. The van der Waals surface area contributed by atoms with Crippen molar-refractivity contribution in [3.05, 3.63) is 119 Å². The third kappa shape index (κ3) is 4.78. The van der Waals surface area contributed by atoms with Crippen LogP contribution >= 0.6 is 11.6 Å². The highest BCUT2D eigenvalue weighted by molar-refractivity contribution is 6.31. The number of anilines is 2. The second-order valence-electron chi connectivity index (χ2n) is 9.56. The van der Waals surface area contributed by atoms with Crippen molar-refractivity contribution in [3.8, 4) is 11.5 Å². The van der Waals surface area contributed by atoms with Gasteiger partial charge in [0.05, 0.1) is 24.0 Å². The summed E-state index contributed by atoms with van der Waals surface area (Å²) in [5.41, 5.74) is 3.00. The maximum absolute atomic E-state index is 13.9. The third-order valence-corrected chi connectivity index (χ3v) is 7.31. The van der Waals surface area contributed by atoms with E-state index >= 15 is 0 Å². The Morgan fingerprint density at radius 3 is 2.17 bits per heavy atom. The van der Waals surface area contributed by atoms with Crippen LogP contribution in [0.25, 0.3) is 0 Å². The molecular formula is C32H27ClN2O5. The summed E-state index contributed by atoms with van der Waals surface area (Å²) in [6.07, 6.45) is -0.974. The Labute approximate surface area is 237 Å². The number of amides is 2. The van der Waals surface area contributed by atoms with Crippen molar-refractivity contribution in [3.63, 3.8) is 0 Å². The third-order valence-electron chi connectivity index (χ3n) is 7.06. The van der Waals surface area contributed by atoms with Crippen molar-refractivity contribution in [1.29, 1.82) is 0 Å². The highest BCUT2D eigenvalue weighted by atomic mass is 35.5. The normalized spacial score (nSPS) is 20.1. The van der Waals surface area contributed by atoms with Crippen LogP contribution in [0.5, 0.6) is 11.5 Å². The maximum Gasteiger partial charge on any atom is 0.266 e. The summed E-state index contributed by atoms with van der Waals surface area (Å²) in [5.74, 6) is -0.364. The predicted molar refractivity (Wildman–Crippen MR) is 152 cm³/mol. The van der Waals surface area contributed by atoms with Gasteiger partial charge < -0.3 is 9.47 Å². The van der Waals surface area contributed by atoms with Gasteiger partial charge in [0.15, 0.2) is 17.6 Å². The van der Waals surface area contributed by atoms with Crippen LogP contribution in [0.4, 0.5) is 11.4 Å². The number of carbonyl (C=O) groups excluding carboxylic acids is 2. The van der Waals surface area contributed by atoms with Crippen LogP contribution in [-0.2, 0) is 21.0 Å². The van der Waals surface area contributed by atoms with E-state index < -0.39 is 24.0 Å². The van der Waals surface area contributed by atoms with E-state index in [9.17, 15) is 9.59 Å². The molecule has 2 saturated heterocycles. The summed E-state index contributed by atoms with van der Waals surface area (Å²) >= 11 is 6.05. The van der Waals surface area contributed by atoms with Crippen LogP contribution in [0.15, 0.2) is 103 Å². The van der Waals surface area contributed by atoms with Gasteiger partial charge in [-0.2, -0.15) is 0 Å². The molecule has 0 aromatic heterocycles. The molecule has 4 aromatic rings. The van der Waals surface area contributed by atoms with Gasteiger partial charge in [0.25, 0.3) is 5.91 Å². The predicted octanol–water partition coefficient (Wildman–Crippen LogP) is 6.37. The summed E-state index contributed by atoms with van der Waals surface area (Å²) in [6.45, 7) is 2.72. The molecule has 0 saturated carbocycles. The summed E-state index contributed by atoms with van der Waals surface area (Å²) in [7, 11) is 0. The van der Waals surface area contributed by atoms with E-state index in [0.717, 1.165) is 16.8 Å². The molecular weight excluding hydrogens is 528 g/mol. The first-order valence-electron chi connectivity index (χ1n) is 13.1. The maximum atomic E-state index is 13.9. The highest BCUT2D eigenvalue weighted by Gasteiger charge is 2.60. The fourth-order valence-electron chi connectivity index (χ4n) is 5.23. The molecule has 2 amide bonds. The first kappa shape index (κ1) is 25.9. The second-order valence-corrected chi connectivity index (χ2v) is 10.00. The summed E-state index contributed by atoms with van der Waals surface area (Å²) in [6, 6.07) is 31.0. The van der Waals surface area contributed by atoms with E-state index in [0.29, 0.717) is 35.4 Å². The molecule has 0 aliphatic carbocycles. The molecule has 2 aliphatic rings. The number of para-hydroxylation sites is 1. The Balaban J connectivity index is 1.37. The minimum atomic E-state index is -0.974. The largest absolute Gasteiger partial charge is 0.490 e. The van der Waals surface area contributed by atoms with Gasteiger partial charge in [0.2, 0.25) is 5.91 Å². The number of hydrogen-bond donors (Lipinski definition) is 0. The molecule has 0 spiro atoms. The number of hydrogen-bond acceptors (Lipinski definition) is 6. The summed E-state index contributed by atoms with van der Waals surface area (Å²) in [5, 5.41) is 2.19. The zero-order valence-electron chi connectivity index (χ0n) is 21.8. The molecule has 2 fully saturated rings. The molecule has 2 heterocycles. The number of benzene rings is 4. The molecule has 3 atom stereocenters. The summed E-state index contributed by atoms with van der Waals surface area (Å²) in [4.78, 5) is 34.9. The molecule has 2 aliphatic heterocycles. The summed E-state index contributed by atoms with van der Waals surface area (Å²) < 4.78 is 12.1. The van der Waals surface area contributed by atoms with E-state index in [4.69, 9.17) is 25.9 Å². The first-order valence-corrected chi connectivity index (χ1v) is 13.5. The smallest absolute Gasteiger partial charge is 0.266 e. The van der Waals surface area contributed by atoms with Crippen LogP contribution in [0.3, 0.4) is 0 Å². The Bertz CT molecular complexity index is 1510. The molecule has 6 rings (SSSR count). The van der Waals surface area contributed by atoms with Gasteiger partial charge in [-0.1, -0.05) is 66.2 Å². The van der Waals surface area contributed by atoms with Crippen LogP contribution in [0.2, 0.25) is 5.02 Å². The number of rotatable bonds is 8. The van der Waals surface area contributed by atoms with Crippen LogP contribution in [0, 0.1) is 5.92 Å². The first-order chi connectivity index (χ1) is 19.5. The molecule has 0 N–H and O–H groups in total. The van der Waals surface area contributed by atoms with Crippen molar-refractivity contribution in [2.24, 2.45) is 5.92 Å². The minimum absolute atomic E-state index is 0.330. The topological polar surface area (TPSA) is 68.3 Å². The van der Waals surface area contributed by atoms with Crippen molar-refractivity contribution >= 4 is 34.8 Å². The molecule has 8 heteroatoms. The van der Waals surface area contributed by atoms with Crippen molar-refractivity contribution in [2.75, 3.05) is 16.6 Å². The zero-order valence-corrected chi connectivity index (χ0v) is 22.5. The zero-order chi connectivity index (χ0) is 27.6. The fraction of sp³-hybridized carbons (Fsp3) is 0.188. The van der Waals surface area contributed by atoms with Gasteiger partial charge in [-0.3, -0.25) is 14.4 Å². The Hall–Kier alpha value is -4.33. The van der Waals surface area contributed by atoms with E-state index in [1.54, 1.807) is 29.3 Å². The van der Waals surface area contributed by atoms with E-state index in [1.807, 2.05) is 85.8 Å². The standard InChI is InChI=1S/C32H27ClN2O5/c1-2-38-27-19-22(13-18-26(27)39-20-21-9-5-3-6-10-21)29-28-30(40-35(29)25-11-7-4-8-12-25)32(37)34(31(28)36)24-16-14-23(33)15-17-24/h3-19,28-30H,2,20H2,1H3/t28-,29+,30+/m0/s1. The lowest BCUT2D eigenvalue weighted by molar-refractivity contribution is -0.126. The number of halogens is 1. The van der Waals surface area contributed by atoms with Crippen LogP contribution < -0.4 is 19.4 Å². The second kappa shape index (κ2) is 11.0. The number of imide groups is 1. The number of fused-ring (bicyclic) bond motifs is 1. The molecule has 0 radical (unpaired) electrons. The lowest BCUT2D eigenvalue weighted by Gasteiger charge is -2.29. The number of carbonyl (C=O) groups is 2. The SMILES string of the molecule is CCOc1cc([C@@H]2[C@@H]3C(=O)N(c4ccc(Cl)cc4)C(=O)[C@@H]3ON2c2ccccc2)ccc1OCc1ccccc1. The Kier molecular flexibility index (Phi) is 7.15. The van der Waals surface area contributed by atoms with Crippen molar-refractivity contribution in [1.82, 2.24) is 0 Å². The molecule has 0 unspecified atom stereocenters. The quantitative estimate of drug-likeness (QED) is 0.236. The molecule has 0 bridgehead atoms. The molecule has 202 valence electrons. The van der Waals surface area contributed by atoms with Gasteiger partial charge in [-0.15, -0.1) is 0 Å². The van der Waals surface area contributed by atoms with Crippen molar-refractivity contribution < 1.29 is 23.9 Å². The number of ether oxygens (including phenoxy) is 2. The Morgan fingerprint density at radius 2 is 1.48 bits per heavy atom. The number of nitrogens with zero attached hydrogens (tertiary/aromatic N) is 2. The van der Waals surface area contributed by atoms with Gasteiger partial charge in [0, 0.05) is 5.02 Å². The lowest BCUT2D eigenvalue weighted by atomic mass is 9.90. The average molecular weight is 555 g/mol. The van der Waals surface area contributed by atoms with E-state index in [-0.39, 0.29) is 5.91 Å². The van der Waals surface area contributed by atoms with Crippen LogP contribution in [0.1, 0.15) is 24.1 Å².